The Balaban J connectivity index is 2.35. The summed E-state index contributed by atoms with van der Waals surface area (Å²) in [6, 6.07) is 0. The van der Waals surface area contributed by atoms with E-state index < -0.39 is 76.2 Å². The van der Waals surface area contributed by atoms with Crippen LogP contribution in [0.2, 0.25) is 2.82 Å². The fourth-order valence-electron chi connectivity index (χ4n) is 1.72. The number of phosphoric ester groups is 1. The second kappa shape index (κ2) is 7.14. The summed E-state index contributed by atoms with van der Waals surface area (Å²) >= 11 is 0. The Kier molecular flexibility index (Phi) is 2.47. The molecule has 0 amide bonds. The second-order valence-electron chi connectivity index (χ2n) is 4.47. The minimum Gasteiger partial charge on any atom is -0.387 e. The minimum absolute atomic E-state index is 0.0119. The van der Waals surface area contributed by atoms with Crippen molar-refractivity contribution in [1.29, 1.82) is 4.29 Å². The van der Waals surface area contributed by atoms with Gasteiger partial charge in [0, 0.05) is 0 Å². The van der Waals surface area contributed by atoms with Crippen LogP contribution in [0.1, 0.15) is 17.2 Å². The van der Waals surface area contributed by atoms with Gasteiger partial charge in [0.2, 0.25) is 4.29 Å². The maximum absolute atomic E-state index is 12.4. The van der Waals surface area contributed by atoms with Crippen LogP contribution >= 0.6 is 15.6 Å². The van der Waals surface area contributed by atoms with Gasteiger partial charge < -0.3 is 35.4 Å². The highest BCUT2D eigenvalue weighted by Gasteiger charge is 2.46. The summed E-state index contributed by atoms with van der Waals surface area (Å²) in [6.45, 7) is -4.40. The zero-order chi connectivity index (χ0) is 30.9. The van der Waals surface area contributed by atoms with E-state index in [-0.39, 0.29) is 10.3 Å². The van der Waals surface area contributed by atoms with E-state index in [2.05, 4.69) is 38.9 Å². The van der Waals surface area contributed by atoms with E-state index >= 15 is 0 Å². The van der Waals surface area contributed by atoms with Crippen molar-refractivity contribution in [3.63, 3.8) is 0 Å². The first-order chi connectivity index (χ1) is 18.0. The molecule has 0 bridgehead atoms. The maximum atomic E-state index is 12.4. The number of ether oxygens (including phenoxy) is 1. The van der Waals surface area contributed by atoms with Gasteiger partial charge in [-0.25, -0.2) is 24.1 Å². The highest BCUT2D eigenvalue weighted by Crippen LogP contribution is 2.57. The van der Waals surface area contributed by atoms with Crippen molar-refractivity contribution in [2.24, 2.45) is 0 Å². The van der Waals surface area contributed by atoms with E-state index in [4.69, 9.17) is 32.6 Å². The third-order valence-corrected chi connectivity index (χ3v) is 4.64. The molecule has 2 aromatic heterocycles. The lowest BCUT2D eigenvalue weighted by Crippen LogP contribution is -2.33. The third-order valence-electron chi connectivity index (χ3n) is 2.67. The van der Waals surface area contributed by atoms with Gasteiger partial charge in [-0.05, 0) is 0 Å². The van der Waals surface area contributed by atoms with Gasteiger partial charge in [-0.15, -0.1) is 0 Å². The molecule has 27 heavy (non-hydrogen) atoms. The van der Waals surface area contributed by atoms with E-state index in [1.54, 1.807) is 0 Å². The number of fused-ring (bicyclic) bond motifs is 1. The number of hydrogen-bond donors (Lipinski definition) is 6. The van der Waals surface area contributed by atoms with E-state index in [1.807, 2.05) is 0 Å². The molecule has 0 aliphatic carbocycles. The zero-order valence-electron chi connectivity index (χ0n) is 25.3. The summed E-state index contributed by atoms with van der Waals surface area (Å²) in [6.07, 6.45) is -18.5. The van der Waals surface area contributed by atoms with Crippen molar-refractivity contribution in [2.75, 3.05) is 12.3 Å². The van der Waals surface area contributed by atoms with Crippen LogP contribution in [0.5, 0.6) is 0 Å². The van der Waals surface area contributed by atoms with Crippen LogP contribution in [0, 0.1) is 0 Å². The van der Waals surface area contributed by atoms with Gasteiger partial charge in [-0.1, -0.05) is 0 Å². The SMILES string of the molecule is [2H]OC1([2H])[C@@]([2H])(C([2H])([2H])OP(=O)(O[2H])OP(=O)(O)O)OC([2H])(n2c([2H])nc3c(N([2H])[2H])nc([2H])nc32)[C@@]1([2H])O[2H]. The van der Waals surface area contributed by atoms with Crippen molar-refractivity contribution >= 4 is 32.6 Å². The van der Waals surface area contributed by atoms with E-state index in [0.29, 0.717) is 0 Å². The Morgan fingerprint density at radius 1 is 1.44 bits per heavy atom. The van der Waals surface area contributed by atoms with Crippen molar-refractivity contribution in [2.45, 2.75) is 24.4 Å². The van der Waals surface area contributed by atoms with Crippen molar-refractivity contribution in [3.8, 4) is 0 Å². The minimum atomic E-state index is -6.06. The van der Waals surface area contributed by atoms with Gasteiger partial charge in [0.1, 0.15) is 32.8 Å². The molecule has 150 valence electrons. The van der Waals surface area contributed by atoms with Crippen LogP contribution in [-0.2, 0) is 22.7 Å². The molecule has 1 fully saturated rings. The summed E-state index contributed by atoms with van der Waals surface area (Å²) in [5, 5.41) is 8.13. The first-order valence-corrected chi connectivity index (χ1v) is 9.24. The number of nitrogens with two attached hydrogens (primary N) is 1. The average molecular weight is 440 g/mol. The van der Waals surface area contributed by atoms with Gasteiger partial charge >= 0.3 is 15.6 Å². The first-order valence-electron chi connectivity index (χ1n) is 12.4. The molecule has 0 spiro atoms. The molecule has 1 aliphatic heterocycles. The van der Waals surface area contributed by atoms with Crippen LogP contribution in [0.25, 0.3) is 11.2 Å². The molecule has 3 heterocycles. The molecule has 7 N–H and O–H groups in total. The summed E-state index contributed by atoms with van der Waals surface area (Å²) < 4.78 is 139. The Labute approximate surface area is 168 Å². The fourth-order valence-corrected chi connectivity index (χ4v) is 3.09. The van der Waals surface area contributed by atoms with Gasteiger partial charge in [0.25, 0.3) is 0 Å². The number of hydrogen-bond acceptors (Lipinski definition) is 12. The maximum Gasteiger partial charge on any atom is 0.481 e. The number of nitrogen functional groups attached to an aromatic ring is 1. The molecule has 3 unspecified atom stereocenters. The van der Waals surface area contributed by atoms with Gasteiger partial charge in [-0.2, -0.15) is 4.31 Å². The fraction of sp³-hybridized carbons (Fsp3) is 0.500. The topological polar surface area (TPSA) is 233 Å². The molecule has 0 aromatic carbocycles. The molecule has 0 saturated carbocycles. The molecule has 5 atom stereocenters. The molecular weight excluding hydrogens is 412 g/mol. The highest BCUT2D eigenvalue weighted by atomic mass is 31.3. The summed E-state index contributed by atoms with van der Waals surface area (Å²) in [7, 11) is -11.9. The van der Waals surface area contributed by atoms with Crippen molar-refractivity contribution in [3.05, 3.63) is 12.6 Å². The largest absolute Gasteiger partial charge is 0.481 e. The lowest BCUT2D eigenvalue weighted by atomic mass is 10.1. The molecule has 1 aliphatic rings. The van der Waals surface area contributed by atoms with Crippen molar-refractivity contribution in [1.82, 2.24) is 19.5 Å². The normalized spacial score (nSPS) is 46.5. The Morgan fingerprint density at radius 3 is 2.93 bits per heavy atom. The number of aliphatic hydroxyl groups is 2. The molecule has 0 radical (unpaired) electrons. The third kappa shape index (κ3) is 4.33. The number of imidazole rings is 1. The molecule has 15 nitrogen and oxygen atoms in total. The van der Waals surface area contributed by atoms with Gasteiger partial charge in [0.05, 0.1) is 21.1 Å². The quantitative estimate of drug-likeness (QED) is 0.225. The van der Waals surface area contributed by atoms with Crippen LogP contribution < -0.4 is 5.72 Å². The molecule has 3 rings (SSSR count). The monoisotopic (exact) mass is 440 g/mol. The number of anilines is 1. The standard InChI is InChI=1S/C10H15N5O10P2/c11-8-5-9(13-2-12-8)15(3-14-5)10-7(17)6(16)4(24-10)1-23-27(21,22)25-26(18,19)20/h2-4,6-7,10,16-17H,1H2,(H,21,22)(H2,11,12,13)(H2,18,19,20)/t4-,6?,7+,10?/m1/s1/i1D2,2D,3D,4D,6D,7D,10D,16D,17D/hD3. The van der Waals surface area contributed by atoms with E-state index in [0.717, 1.165) is 0 Å². The van der Waals surface area contributed by atoms with Crippen LogP contribution in [0.3, 0.4) is 0 Å². The number of nitrogens with zero attached hydrogens (tertiary/aromatic N) is 4. The number of aromatic nitrogens is 4. The predicted molar refractivity (Wildman–Crippen MR) is 84.6 cm³/mol. The smallest absolute Gasteiger partial charge is 0.387 e. The van der Waals surface area contributed by atoms with Gasteiger partial charge in [-0.3, -0.25) is 9.09 Å². The Morgan fingerprint density at radius 2 is 2.26 bits per heavy atom. The lowest BCUT2D eigenvalue weighted by molar-refractivity contribution is -0.0503. The van der Waals surface area contributed by atoms with E-state index in [9.17, 15) is 9.13 Å². The lowest BCUT2D eigenvalue weighted by Gasteiger charge is -2.17. The van der Waals surface area contributed by atoms with E-state index in [1.165, 1.54) is 0 Å². The first kappa shape index (κ1) is 9.33. The predicted octanol–water partition coefficient (Wildman–Crippen LogP) is -1.75. The van der Waals surface area contributed by atoms with Crippen LogP contribution in [-0.4, -0.2) is 73.5 Å². The molecule has 17 heteroatoms. The number of rotatable bonds is 10. The van der Waals surface area contributed by atoms with Crippen molar-refractivity contribution < 1.29 is 61.4 Å². The summed E-state index contributed by atoms with van der Waals surface area (Å²) in [4.78, 5) is 31.8. The molecule has 1 saturated heterocycles. The molecular formula is C10H15N5O10P2. The van der Waals surface area contributed by atoms with Crippen LogP contribution in [0.15, 0.2) is 12.6 Å². The zero-order valence-corrected chi connectivity index (χ0v) is 14.1. The summed E-state index contributed by atoms with van der Waals surface area (Å²) in [5.74, 6) is -0.779. The number of phosphoric acid groups is 2. The van der Waals surface area contributed by atoms with Gasteiger partial charge in [0.15, 0.2) is 20.5 Å². The Bertz CT molecular complexity index is 1420. The van der Waals surface area contributed by atoms with Crippen LogP contribution in [0.4, 0.5) is 5.82 Å². The average Bonchev–Trinajstić information content (AvgIpc) is 3.21. The molecule has 2 aromatic rings. The second-order valence-corrected chi connectivity index (χ2v) is 7.19. The Hall–Kier alpha value is -1.51. The highest BCUT2D eigenvalue weighted by molar-refractivity contribution is 7.60. The summed E-state index contributed by atoms with van der Waals surface area (Å²) in [5.41, 5.74) is -1.79.